The van der Waals surface area contributed by atoms with E-state index in [-0.39, 0.29) is 0 Å². The van der Waals surface area contributed by atoms with Gasteiger partial charge in [-0.1, -0.05) is 115 Å². The summed E-state index contributed by atoms with van der Waals surface area (Å²) in [5.41, 5.74) is 2.55. The molecule has 0 amide bonds. The Kier molecular flexibility index (Phi) is 29.6. The van der Waals surface area contributed by atoms with Crippen molar-refractivity contribution in [2.75, 3.05) is 22.1 Å². The van der Waals surface area contributed by atoms with E-state index in [2.05, 4.69) is 80.1 Å². The summed E-state index contributed by atoms with van der Waals surface area (Å²) in [5.74, 6) is 0.761. The summed E-state index contributed by atoms with van der Waals surface area (Å²) < 4.78 is 14.2. The van der Waals surface area contributed by atoms with Crippen molar-refractivity contribution in [2.45, 2.75) is 103 Å². The molecule has 0 aliphatic heterocycles. The van der Waals surface area contributed by atoms with E-state index in [0.717, 1.165) is 32.3 Å². The van der Waals surface area contributed by atoms with Gasteiger partial charge >= 0.3 is 108 Å². The van der Waals surface area contributed by atoms with Crippen LogP contribution in [-0.4, -0.2) is 22.1 Å². The predicted molar refractivity (Wildman–Crippen MR) is 180 cm³/mol. The van der Waals surface area contributed by atoms with Crippen LogP contribution in [0.1, 0.15) is 101 Å². The Hall–Kier alpha value is 0.680. The summed E-state index contributed by atoms with van der Waals surface area (Å²) in [6.45, 7) is 3.34. The van der Waals surface area contributed by atoms with Crippen LogP contribution in [0.25, 0.3) is 0 Å². The zero-order chi connectivity index (χ0) is 27.2. The SMILES string of the molecule is ICCCCCCCCCOCc1ccccc1.P[PH2+][I-]CCCCCCCCCOCc1ccccc1. The van der Waals surface area contributed by atoms with Crippen molar-refractivity contribution in [3.63, 3.8) is 0 Å². The second kappa shape index (κ2) is 30.6. The van der Waals surface area contributed by atoms with Gasteiger partial charge in [-0.25, -0.2) is 0 Å². The number of halogens is 2. The van der Waals surface area contributed by atoms with Crippen molar-refractivity contribution < 1.29 is 30.1 Å². The maximum atomic E-state index is 5.70. The molecule has 0 heterocycles. The van der Waals surface area contributed by atoms with E-state index >= 15 is 0 Å². The minimum absolute atomic E-state index is 0.602. The summed E-state index contributed by atoms with van der Waals surface area (Å²) in [6, 6.07) is 20.9. The third-order valence-electron chi connectivity index (χ3n) is 6.27. The van der Waals surface area contributed by atoms with Gasteiger partial charge in [-0.3, -0.25) is 0 Å². The Bertz CT molecular complexity index is 707. The van der Waals surface area contributed by atoms with Gasteiger partial charge in [0.15, 0.2) is 0 Å². The number of benzene rings is 2. The van der Waals surface area contributed by atoms with E-state index in [4.69, 9.17) is 9.47 Å². The van der Waals surface area contributed by atoms with Crippen molar-refractivity contribution in [3.8, 4) is 0 Å². The molecule has 0 aromatic heterocycles. The molecule has 218 valence electrons. The number of hydrogen-bond donors (Lipinski definition) is 0. The molecule has 0 saturated heterocycles. The van der Waals surface area contributed by atoms with E-state index in [1.54, 1.807) is 4.43 Å². The fourth-order valence-electron chi connectivity index (χ4n) is 4.03. The molecule has 2 nitrogen and oxygen atoms in total. The normalized spacial score (nSPS) is 11.2. The zero-order valence-electron chi connectivity index (χ0n) is 23.6. The average Bonchev–Trinajstić information content (AvgIpc) is 2.96. The molecule has 2 aromatic carbocycles. The molecule has 0 spiro atoms. The van der Waals surface area contributed by atoms with Crippen molar-refractivity contribution in [1.29, 1.82) is 0 Å². The van der Waals surface area contributed by atoms with Gasteiger partial charge in [-0.05, 0) is 22.8 Å². The van der Waals surface area contributed by atoms with Crippen LogP contribution in [0.3, 0.4) is 0 Å². The fourth-order valence-corrected chi connectivity index (χ4v) is 10.3. The first-order valence-electron chi connectivity index (χ1n) is 14.8. The minimum atomic E-state index is 0.602. The van der Waals surface area contributed by atoms with E-state index < -0.39 is 0 Å². The molecule has 2 aromatic rings. The average molecular weight is 787 g/mol. The number of rotatable bonds is 24. The fraction of sp³-hybridized carbons (Fsp3) is 0.625. The molecule has 0 aliphatic rings. The Morgan fingerprint density at radius 3 is 1.37 bits per heavy atom. The van der Waals surface area contributed by atoms with Crippen molar-refractivity contribution in [3.05, 3.63) is 71.8 Å². The van der Waals surface area contributed by atoms with Gasteiger partial charge in [0.1, 0.15) is 0 Å². The van der Waals surface area contributed by atoms with Crippen LogP contribution >= 0.6 is 37.4 Å². The molecule has 0 bridgehead atoms. The number of unbranched alkanes of at least 4 members (excludes halogenated alkanes) is 12. The van der Waals surface area contributed by atoms with Crippen LogP contribution in [0.15, 0.2) is 60.7 Å². The molecule has 2 atom stereocenters. The monoisotopic (exact) mass is 786 g/mol. The topological polar surface area (TPSA) is 18.5 Å². The number of hydrogen-bond acceptors (Lipinski definition) is 2. The second-order valence-electron chi connectivity index (χ2n) is 9.68. The molecule has 2 unspecified atom stereocenters. The van der Waals surface area contributed by atoms with Gasteiger partial charge in [-0.2, -0.15) is 0 Å². The van der Waals surface area contributed by atoms with Gasteiger partial charge in [0.2, 0.25) is 0 Å². The van der Waals surface area contributed by atoms with Crippen molar-refractivity contribution in [1.82, 2.24) is 0 Å². The Morgan fingerprint density at radius 1 is 0.553 bits per heavy atom. The summed E-state index contributed by atoms with van der Waals surface area (Å²) in [7, 11) is 2.94. The van der Waals surface area contributed by atoms with E-state index in [9.17, 15) is 0 Å². The first-order chi connectivity index (χ1) is 18.9. The molecule has 0 N–H and O–H groups in total. The Balaban J connectivity index is 0.000000382. The van der Waals surface area contributed by atoms with Crippen LogP contribution in [0.5, 0.6) is 0 Å². The first-order valence-corrected chi connectivity index (χ1v) is 24.7. The van der Waals surface area contributed by atoms with Gasteiger partial charge in [0.25, 0.3) is 0 Å². The van der Waals surface area contributed by atoms with Crippen LogP contribution < -0.4 is 20.7 Å². The quantitative estimate of drug-likeness (QED) is 0.0475. The molecule has 2 rings (SSSR count). The van der Waals surface area contributed by atoms with Crippen LogP contribution in [-0.2, 0) is 22.7 Å². The summed E-state index contributed by atoms with van der Waals surface area (Å²) in [4.78, 5) is 0. The number of alkyl halides is 2. The maximum absolute atomic E-state index is 5.70. The third-order valence-corrected chi connectivity index (χ3v) is 15.2. The molecule has 0 radical (unpaired) electrons. The molecule has 0 saturated carbocycles. The van der Waals surface area contributed by atoms with Gasteiger partial charge < -0.3 is 4.74 Å². The molecule has 38 heavy (non-hydrogen) atoms. The van der Waals surface area contributed by atoms with Gasteiger partial charge in [0.05, 0.1) is 6.61 Å². The zero-order valence-corrected chi connectivity index (χ0v) is 30.3. The Labute approximate surface area is 262 Å². The summed E-state index contributed by atoms with van der Waals surface area (Å²) >= 11 is 3.06. The van der Waals surface area contributed by atoms with E-state index in [1.807, 2.05) is 12.1 Å². The van der Waals surface area contributed by atoms with Crippen molar-refractivity contribution >= 4 is 37.4 Å². The Morgan fingerprint density at radius 2 is 0.947 bits per heavy atom. The van der Waals surface area contributed by atoms with Crippen LogP contribution in [0.4, 0.5) is 0 Å². The molecule has 6 heteroatoms. The first kappa shape index (κ1) is 36.7. The van der Waals surface area contributed by atoms with Gasteiger partial charge in [-0.15, -0.1) is 0 Å². The molecule has 0 fully saturated rings. The predicted octanol–water partition coefficient (Wildman–Crippen LogP) is 7.51. The van der Waals surface area contributed by atoms with Crippen LogP contribution in [0.2, 0.25) is 0 Å². The molecular weight excluding hydrogens is 732 g/mol. The van der Waals surface area contributed by atoms with Crippen molar-refractivity contribution in [2.24, 2.45) is 0 Å². The summed E-state index contributed by atoms with van der Waals surface area (Å²) in [5, 5.41) is 0. The van der Waals surface area contributed by atoms with E-state index in [1.165, 1.54) is 105 Å². The summed E-state index contributed by atoms with van der Waals surface area (Å²) in [6.07, 6.45) is 19.3. The molecule has 0 aliphatic carbocycles. The number of ether oxygens (including phenoxy) is 2. The van der Waals surface area contributed by atoms with Gasteiger partial charge in [0, 0.05) is 6.61 Å². The van der Waals surface area contributed by atoms with Crippen LogP contribution in [0, 0.1) is 0 Å². The standard InChI is InChI=1S/C16H29IOP2.C16H25IO/c19-20-17-13-9-4-2-1-3-5-10-14-18-15-16-11-7-6-8-12-16;17-13-9-4-2-1-3-5-10-14-18-15-16-11-7-6-8-12-16/h6-8,11-12H,1-5,9-10,13-15,19-20H2;6-8,11-12H,1-5,9-10,13-15H2. The smallest absolute Gasteiger partial charge is 0.0622 e. The van der Waals surface area contributed by atoms with E-state index in [0.29, 0.717) is 20.7 Å². The second-order valence-corrected chi connectivity index (χ2v) is 22.3. The third kappa shape index (κ3) is 25.6. The minimum Gasteiger partial charge on any atom is -0.0622 e. The molecular formula is C32H54I2O2P2.